The molecule has 1 aliphatic rings. The van der Waals surface area contributed by atoms with E-state index in [0.717, 1.165) is 47.6 Å². The average Bonchev–Trinajstić information content (AvgIpc) is 2.59. The van der Waals surface area contributed by atoms with E-state index in [-0.39, 0.29) is 5.92 Å². The Morgan fingerprint density at radius 1 is 1.09 bits per heavy atom. The third-order valence-electron chi connectivity index (χ3n) is 4.70. The summed E-state index contributed by atoms with van der Waals surface area (Å²) >= 11 is 0. The molecular weight excluding hydrogens is 288 g/mol. The molecule has 4 heteroatoms. The van der Waals surface area contributed by atoms with Crippen LogP contribution in [0.2, 0.25) is 0 Å². The number of benzene rings is 2. The summed E-state index contributed by atoms with van der Waals surface area (Å²) in [5, 5.41) is 19.2. The highest BCUT2D eigenvalue weighted by atomic mass is 16.4. The fourth-order valence-corrected chi connectivity index (χ4v) is 3.64. The van der Waals surface area contributed by atoms with E-state index < -0.39 is 11.9 Å². The first-order valence-electron chi connectivity index (χ1n) is 8.00. The van der Waals surface area contributed by atoms with E-state index in [0.29, 0.717) is 6.42 Å². The Bertz CT molecular complexity index is 762. The van der Waals surface area contributed by atoms with Crippen LogP contribution in [0.4, 0.5) is 0 Å². The molecule has 0 bridgehead atoms. The maximum Gasteiger partial charge on any atom is 0.307 e. The molecule has 3 rings (SSSR count). The van der Waals surface area contributed by atoms with Gasteiger partial charge in [-0.25, -0.2) is 4.99 Å². The fraction of sp³-hybridized carbons (Fsp3) is 0.316. The number of carbonyl (C=O) groups is 1. The maximum atomic E-state index is 11.7. The van der Waals surface area contributed by atoms with Crippen LogP contribution in [0.1, 0.15) is 31.2 Å². The number of rotatable bonds is 4. The zero-order valence-electron chi connectivity index (χ0n) is 12.9. The summed E-state index contributed by atoms with van der Waals surface area (Å²) in [5.41, 5.74) is 1.69. The summed E-state index contributed by atoms with van der Waals surface area (Å²) in [5.74, 6) is -1.30. The van der Waals surface area contributed by atoms with E-state index in [9.17, 15) is 9.90 Å². The van der Waals surface area contributed by atoms with Crippen LogP contribution in [0, 0.1) is 17.2 Å². The van der Waals surface area contributed by atoms with Gasteiger partial charge in [0.2, 0.25) is 0 Å². The van der Waals surface area contributed by atoms with Gasteiger partial charge in [0, 0.05) is 11.5 Å². The number of aliphatic carboxylic acids is 1. The number of nitrogens with zero attached hydrogens (tertiary/aromatic N) is 1. The minimum Gasteiger partial charge on any atom is -0.481 e. The van der Waals surface area contributed by atoms with Crippen LogP contribution in [-0.4, -0.2) is 23.1 Å². The van der Waals surface area contributed by atoms with Crippen LogP contribution in [0.15, 0.2) is 47.5 Å². The van der Waals surface area contributed by atoms with Gasteiger partial charge in [-0.1, -0.05) is 55.3 Å². The lowest BCUT2D eigenvalue weighted by atomic mass is 9.74. The first-order chi connectivity index (χ1) is 11.2. The van der Waals surface area contributed by atoms with Crippen molar-refractivity contribution in [3.8, 4) is 0 Å². The zero-order valence-corrected chi connectivity index (χ0v) is 12.9. The third kappa shape index (κ3) is 3.02. The van der Waals surface area contributed by atoms with Crippen molar-refractivity contribution in [1.82, 2.24) is 0 Å². The Morgan fingerprint density at radius 2 is 1.78 bits per heavy atom. The highest BCUT2D eigenvalue weighted by molar-refractivity contribution is 6.14. The first kappa shape index (κ1) is 15.4. The lowest BCUT2D eigenvalue weighted by Crippen LogP contribution is -2.33. The fourth-order valence-electron chi connectivity index (χ4n) is 3.64. The number of fused-ring (bicyclic) bond motifs is 1. The number of carboxylic acid groups (broad SMARTS) is 1. The Kier molecular flexibility index (Phi) is 4.51. The van der Waals surface area contributed by atoms with E-state index in [1.165, 1.54) is 0 Å². The topological polar surface area (TPSA) is 73.5 Å². The van der Waals surface area contributed by atoms with Crippen LogP contribution in [0.3, 0.4) is 0 Å². The highest BCUT2D eigenvalue weighted by Crippen LogP contribution is 2.34. The van der Waals surface area contributed by atoms with Gasteiger partial charge in [-0.05, 0) is 23.6 Å². The number of carboxylic acids is 1. The summed E-state index contributed by atoms with van der Waals surface area (Å²) in [7, 11) is 0. The first-order valence-corrected chi connectivity index (χ1v) is 8.00. The normalized spacial score (nSPS) is 22.0. The van der Waals surface area contributed by atoms with Crippen LogP contribution in [0.5, 0.6) is 0 Å². The molecule has 2 atom stereocenters. The minimum atomic E-state index is -0.757. The molecule has 118 valence electrons. The molecule has 23 heavy (non-hydrogen) atoms. The third-order valence-corrected chi connectivity index (χ3v) is 4.70. The van der Waals surface area contributed by atoms with Gasteiger partial charge >= 0.3 is 5.97 Å². The van der Waals surface area contributed by atoms with Gasteiger partial charge in [-0.15, -0.1) is 0 Å². The van der Waals surface area contributed by atoms with E-state index in [1.807, 2.05) is 42.5 Å². The summed E-state index contributed by atoms with van der Waals surface area (Å²) < 4.78 is 0. The maximum absolute atomic E-state index is 11.7. The summed E-state index contributed by atoms with van der Waals surface area (Å²) in [4.78, 5) is 16.0. The lowest BCUT2D eigenvalue weighted by Gasteiger charge is -2.30. The summed E-state index contributed by atoms with van der Waals surface area (Å²) in [6, 6.07) is 14.0. The molecule has 0 heterocycles. The molecule has 0 aliphatic heterocycles. The molecule has 0 radical (unpaired) electrons. The van der Waals surface area contributed by atoms with Crippen molar-refractivity contribution >= 4 is 28.8 Å². The summed E-state index contributed by atoms with van der Waals surface area (Å²) in [6.07, 6.45) is 4.48. The minimum absolute atomic E-state index is 0.131. The van der Waals surface area contributed by atoms with Crippen molar-refractivity contribution in [3.05, 3.63) is 48.0 Å². The van der Waals surface area contributed by atoms with Gasteiger partial charge in [0.05, 0.1) is 11.6 Å². The Balaban J connectivity index is 2.13. The van der Waals surface area contributed by atoms with Gasteiger partial charge in [0.15, 0.2) is 0 Å². The van der Waals surface area contributed by atoms with Gasteiger partial charge in [-0.3, -0.25) is 10.2 Å². The smallest absolute Gasteiger partial charge is 0.307 e. The number of aliphatic imine (C=N–C) groups is 1. The van der Waals surface area contributed by atoms with E-state index in [1.54, 1.807) is 0 Å². The zero-order chi connectivity index (χ0) is 16.2. The van der Waals surface area contributed by atoms with Crippen molar-refractivity contribution in [2.24, 2.45) is 16.8 Å². The molecule has 0 amide bonds. The van der Waals surface area contributed by atoms with Gasteiger partial charge in [-0.2, -0.15) is 0 Å². The number of hydrogen-bond acceptors (Lipinski definition) is 2. The Hall–Kier alpha value is -2.49. The molecule has 1 aliphatic carbocycles. The molecule has 1 fully saturated rings. The van der Waals surface area contributed by atoms with Crippen molar-refractivity contribution in [1.29, 1.82) is 5.41 Å². The second kappa shape index (κ2) is 6.73. The van der Waals surface area contributed by atoms with Gasteiger partial charge in [0.25, 0.3) is 0 Å². The number of nitrogens with one attached hydrogen (secondary N) is 1. The summed E-state index contributed by atoms with van der Waals surface area (Å²) in [6.45, 7) is 0. The van der Waals surface area contributed by atoms with E-state index in [4.69, 9.17) is 5.41 Å². The van der Waals surface area contributed by atoms with E-state index >= 15 is 0 Å². The molecule has 0 aromatic heterocycles. The van der Waals surface area contributed by atoms with Crippen LogP contribution < -0.4 is 0 Å². The molecule has 2 N–H and O–H groups in total. The second-order valence-electron chi connectivity index (χ2n) is 6.01. The van der Waals surface area contributed by atoms with Crippen molar-refractivity contribution in [2.45, 2.75) is 25.7 Å². The molecule has 2 aromatic carbocycles. The monoisotopic (exact) mass is 308 g/mol. The standard InChI is InChI=1S/C19H20N2O2/c20-12-21-18(16-9-3-4-10-17(16)19(22)23)15-11-5-7-13-6-1-2-8-14(13)15/h1-2,5-8,11-12,16-17,20H,3-4,9-10H2,(H,22,23)/t16-,17-/m1/s1. The molecule has 4 nitrogen and oxygen atoms in total. The Morgan fingerprint density at radius 3 is 2.52 bits per heavy atom. The quantitative estimate of drug-likeness (QED) is 0.658. The molecule has 0 saturated heterocycles. The predicted molar refractivity (Wildman–Crippen MR) is 92.4 cm³/mol. The molecule has 1 saturated carbocycles. The second-order valence-corrected chi connectivity index (χ2v) is 6.01. The molecular formula is C19H20N2O2. The predicted octanol–water partition coefficient (Wildman–Crippen LogP) is 4.13. The van der Waals surface area contributed by atoms with Crippen molar-refractivity contribution < 1.29 is 9.90 Å². The van der Waals surface area contributed by atoms with Crippen molar-refractivity contribution in [3.63, 3.8) is 0 Å². The highest BCUT2D eigenvalue weighted by Gasteiger charge is 2.35. The average molecular weight is 308 g/mol. The van der Waals surface area contributed by atoms with Crippen LogP contribution in [0.25, 0.3) is 10.8 Å². The number of hydrogen-bond donors (Lipinski definition) is 2. The van der Waals surface area contributed by atoms with E-state index in [2.05, 4.69) is 4.99 Å². The molecule has 0 unspecified atom stereocenters. The Labute approximate surface area is 135 Å². The SMILES string of the molecule is N=CN=C(c1cccc2ccccc12)[C@@H]1CCCC[C@H]1C(=O)O. The van der Waals surface area contributed by atoms with Crippen molar-refractivity contribution in [2.75, 3.05) is 0 Å². The van der Waals surface area contributed by atoms with Crippen LogP contribution >= 0.6 is 0 Å². The van der Waals surface area contributed by atoms with Gasteiger partial charge in [0.1, 0.15) is 6.34 Å². The molecule has 2 aromatic rings. The van der Waals surface area contributed by atoms with Gasteiger partial charge < -0.3 is 5.11 Å². The lowest BCUT2D eigenvalue weighted by molar-refractivity contribution is -0.143. The van der Waals surface area contributed by atoms with Crippen LogP contribution in [-0.2, 0) is 4.79 Å². The molecule has 0 spiro atoms. The largest absolute Gasteiger partial charge is 0.481 e.